The molecule has 0 unspecified atom stereocenters. The van der Waals surface area contributed by atoms with E-state index in [4.69, 9.17) is 18.3 Å². The Kier molecular flexibility index (Phi) is 7.95. The number of ether oxygens (including phenoxy) is 2. The van der Waals surface area contributed by atoms with Gasteiger partial charge in [-0.3, -0.25) is 4.57 Å². The summed E-state index contributed by atoms with van der Waals surface area (Å²) >= 11 is 0. The highest BCUT2D eigenvalue weighted by molar-refractivity contribution is 6.74. The summed E-state index contributed by atoms with van der Waals surface area (Å²) in [6.07, 6.45) is 3.55. The molecule has 0 amide bonds. The first kappa shape index (κ1) is 28.2. The summed E-state index contributed by atoms with van der Waals surface area (Å²) in [5.74, 6) is 0.494. The zero-order chi connectivity index (χ0) is 26.4. The Labute approximate surface area is 213 Å². The molecule has 1 aliphatic heterocycles. The van der Waals surface area contributed by atoms with Gasteiger partial charge in [0, 0.05) is 6.42 Å². The number of rotatable bonds is 8. The summed E-state index contributed by atoms with van der Waals surface area (Å²) in [4.78, 5) is 13.4. The highest BCUT2D eigenvalue weighted by atomic mass is 28.4. The topological polar surface area (TPSA) is 80.5 Å². The first-order chi connectivity index (χ1) is 15.9. The molecule has 0 spiro atoms. The quantitative estimate of drug-likeness (QED) is 0.376. The molecule has 2 aromatic rings. The van der Waals surface area contributed by atoms with Crippen LogP contribution in [0.5, 0.6) is 5.88 Å². The van der Waals surface area contributed by atoms with E-state index >= 15 is 0 Å². The summed E-state index contributed by atoms with van der Waals surface area (Å²) < 4.78 is 28.0. The van der Waals surface area contributed by atoms with E-state index in [1.54, 1.807) is 6.33 Å². The van der Waals surface area contributed by atoms with E-state index in [0.29, 0.717) is 30.1 Å². The van der Waals surface area contributed by atoms with E-state index in [9.17, 15) is 0 Å². The number of fused-ring (bicyclic) bond motifs is 1. The molecule has 0 bridgehead atoms. The van der Waals surface area contributed by atoms with Gasteiger partial charge in [-0.05, 0) is 50.1 Å². The first-order valence-electron chi connectivity index (χ1n) is 12.7. The molecule has 3 rings (SSSR count). The lowest BCUT2D eigenvalue weighted by Gasteiger charge is -2.40. The molecule has 0 aliphatic carbocycles. The molecule has 3 atom stereocenters. The molecule has 0 aromatic carbocycles. The van der Waals surface area contributed by atoms with Crippen LogP contribution in [0.15, 0.2) is 12.7 Å². The largest absolute Gasteiger partial charge is 0.473 e. The van der Waals surface area contributed by atoms with Crippen LogP contribution < -0.4 is 4.74 Å². The van der Waals surface area contributed by atoms with E-state index in [1.807, 2.05) is 18.4 Å². The summed E-state index contributed by atoms with van der Waals surface area (Å²) in [5.41, 5.74) is 1.35. The van der Waals surface area contributed by atoms with Crippen LogP contribution >= 0.6 is 0 Å². The van der Waals surface area contributed by atoms with Gasteiger partial charge in [0.15, 0.2) is 27.8 Å². The van der Waals surface area contributed by atoms with Crippen LogP contribution in [0.4, 0.5) is 0 Å². The second-order valence-corrected chi connectivity index (χ2v) is 22.6. The molecular weight excluding hydrogens is 476 g/mol. The minimum absolute atomic E-state index is 0.000200. The van der Waals surface area contributed by atoms with Gasteiger partial charge in [0.1, 0.15) is 18.7 Å². The normalized spacial score (nSPS) is 22.4. The van der Waals surface area contributed by atoms with Gasteiger partial charge in [0.25, 0.3) is 0 Å². The van der Waals surface area contributed by atoms with E-state index in [0.717, 1.165) is 0 Å². The number of hydrogen-bond acceptors (Lipinski definition) is 7. The van der Waals surface area contributed by atoms with Gasteiger partial charge in [-0.25, -0.2) is 9.97 Å². The molecule has 3 heterocycles. The molecule has 198 valence electrons. The molecular formula is C25H46N4O4Si2. The fourth-order valence-corrected chi connectivity index (χ4v) is 5.93. The van der Waals surface area contributed by atoms with Gasteiger partial charge in [-0.15, -0.1) is 0 Å². The molecule has 0 radical (unpaired) electrons. The second-order valence-electron chi connectivity index (χ2n) is 13.0. The van der Waals surface area contributed by atoms with Gasteiger partial charge in [-0.1, -0.05) is 41.5 Å². The van der Waals surface area contributed by atoms with E-state index < -0.39 is 16.6 Å². The van der Waals surface area contributed by atoms with E-state index in [1.165, 1.54) is 6.33 Å². The average Bonchev–Trinajstić information content (AvgIpc) is 3.28. The molecule has 1 aliphatic rings. The minimum Gasteiger partial charge on any atom is -0.473 e. The van der Waals surface area contributed by atoms with Crippen molar-refractivity contribution in [3.05, 3.63) is 12.7 Å². The lowest BCUT2D eigenvalue weighted by atomic mass is 10.2. The maximum absolute atomic E-state index is 6.90. The van der Waals surface area contributed by atoms with Gasteiger partial charge in [-0.2, -0.15) is 4.98 Å². The van der Waals surface area contributed by atoms with E-state index in [-0.39, 0.29) is 34.6 Å². The third-order valence-corrected chi connectivity index (χ3v) is 16.8. The van der Waals surface area contributed by atoms with Crippen LogP contribution in [-0.4, -0.2) is 61.1 Å². The predicted molar refractivity (Wildman–Crippen MR) is 145 cm³/mol. The molecule has 35 heavy (non-hydrogen) atoms. The van der Waals surface area contributed by atoms with Crippen molar-refractivity contribution in [3.63, 3.8) is 0 Å². The van der Waals surface area contributed by atoms with Crippen molar-refractivity contribution in [2.45, 2.75) is 123 Å². The number of aromatic nitrogens is 4. The lowest BCUT2D eigenvalue weighted by Crippen LogP contribution is -2.48. The summed E-state index contributed by atoms with van der Waals surface area (Å²) in [7, 11) is -3.95. The highest BCUT2D eigenvalue weighted by Crippen LogP contribution is 2.43. The van der Waals surface area contributed by atoms with Crippen molar-refractivity contribution in [1.29, 1.82) is 0 Å². The van der Waals surface area contributed by atoms with Gasteiger partial charge < -0.3 is 18.3 Å². The molecule has 8 nitrogen and oxygen atoms in total. The third kappa shape index (κ3) is 6.15. The Balaban J connectivity index is 1.89. The Morgan fingerprint density at radius 1 is 1.00 bits per heavy atom. The van der Waals surface area contributed by atoms with Gasteiger partial charge in [0.05, 0.1) is 25.1 Å². The SMILES string of the molecule is CC(C)Oc1ncnc2c1ncn2[C@H]1C[C@H](O[Si](C)(C)C(C)(C)C)[C@@H](CO[Si](C)(C)C(C)(C)C)O1. The number of hydrogen-bond donors (Lipinski definition) is 0. The smallest absolute Gasteiger partial charge is 0.245 e. The second kappa shape index (κ2) is 9.85. The maximum Gasteiger partial charge on any atom is 0.245 e. The van der Waals surface area contributed by atoms with Crippen molar-refractivity contribution in [1.82, 2.24) is 19.5 Å². The lowest BCUT2D eigenvalue weighted by molar-refractivity contribution is -0.0383. The molecule has 10 heteroatoms. The third-order valence-electron chi connectivity index (χ3n) is 7.83. The Morgan fingerprint density at radius 3 is 2.20 bits per heavy atom. The summed E-state index contributed by atoms with van der Waals surface area (Å²) in [5, 5.41) is 0.235. The number of imidazole rings is 1. The summed E-state index contributed by atoms with van der Waals surface area (Å²) in [6.45, 7) is 27.2. The Hall–Kier alpha value is -1.34. The maximum atomic E-state index is 6.90. The fraction of sp³-hybridized carbons (Fsp3) is 0.800. The van der Waals surface area contributed by atoms with Crippen molar-refractivity contribution < 1.29 is 18.3 Å². The van der Waals surface area contributed by atoms with Crippen LogP contribution in [0.1, 0.15) is 68.0 Å². The zero-order valence-electron chi connectivity index (χ0n) is 23.8. The standard InChI is InChI=1S/C25H46N4O4Si2/c1-17(2)31-23-21-22(26-15-27-23)29(16-28-21)20-13-18(33-35(11,12)25(6,7)8)19(32-20)14-30-34(9,10)24(3,4)5/h15-20H,13-14H2,1-12H3/t18-,19+,20+/m0/s1. The minimum atomic E-state index is -2.01. The average molecular weight is 523 g/mol. The Morgan fingerprint density at radius 2 is 1.63 bits per heavy atom. The monoisotopic (exact) mass is 522 g/mol. The van der Waals surface area contributed by atoms with Crippen LogP contribution in [0.3, 0.4) is 0 Å². The first-order valence-corrected chi connectivity index (χ1v) is 18.6. The summed E-state index contributed by atoms with van der Waals surface area (Å²) in [6, 6.07) is 0. The molecule has 0 N–H and O–H groups in total. The van der Waals surface area contributed by atoms with Crippen molar-refractivity contribution in [2.24, 2.45) is 0 Å². The Bertz CT molecular complexity index is 1010. The number of nitrogens with zero attached hydrogens (tertiary/aromatic N) is 4. The van der Waals surface area contributed by atoms with Gasteiger partial charge in [0.2, 0.25) is 5.88 Å². The van der Waals surface area contributed by atoms with E-state index in [2.05, 4.69) is 82.7 Å². The van der Waals surface area contributed by atoms with Crippen LogP contribution in [0, 0.1) is 0 Å². The highest BCUT2D eigenvalue weighted by Gasteiger charge is 2.46. The zero-order valence-corrected chi connectivity index (χ0v) is 25.8. The molecule has 0 saturated carbocycles. The van der Waals surface area contributed by atoms with Crippen molar-refractivity contribution >= 4 is 27.8 Å². The predicted octanol–water partition coefficient (Wildman–Crippen LogP) is 6.31. The van der Waals surface area contributed by atoms with Gasteiger partial charge >= 0.3 is 0 Å². The van der Waals surface area contributed by atoms with Crippen LogP contribution in [-0.2, 0) is 13.6 Å². The van der Waals surface area contributed by atoms with Crippen LogP contribution in [0.2, 0.25) is 36.3 Å². The molecule has 1 saturated heterocycles. The molecule has 2 aromatic heterocycles. The van der Waals surface area contributed by atoms with Crippen molar-refractivity contribution in [3.8, 4) is 5.88 Å². The van der Waals surface area contributed by atoms with Crippen molar-refractivity contribution in [2.75, 3.05) is 6.61 Å². The van der Waals surface area contributed by atoms with Crippen LogP contribution in [0.25, 0.3) is 11.2 Å². The molecule has 1 fully saturated rings. The fourth-order valence-electron chi connectivity index (χ4n) is 3.56.